The van der Waals surface area contributed by atoms with E-state index < -0.39 is 16.6 Å². The molecule has 2 rings (SSSR count). The van der Waals surface area contributed by atoms with Crippen molar-refractivity contribution in [1.29, 1.82) is 0 Å². The molecule has 1 unspecified atom stereocenters. The zero-order chi connectivity index (χ0) is 16.3. The summed E-state index contributed by atoms with van der Waals surface area (Å²) in [6.07, 6.45) is 0. The molecule has 0 aromatic heterocycles. The van der Waals surface area contributed by atoms with Gasteiger partial charge in [-0.2, -0.15) is 0 Å². The quantitative estimate of drug-likeness (QED) is 0.681. The van der Waals surface area contributed by atoms with Crippen LogP contribution in [-0.4, -0.2) is 20.0 Å². The number of ketones is 1. The van der Waals surface area contributed by atoms with Gasteiger partial charge in [0.1, 0.15) is 10.7 Å². The molecule has 1 atom stereocenters. The minimum Gasteiger partial charge on any atom is -0.293 e. The average Bonchev–Trinajstić information content (AvgIpc) is 2.45. The number of aryl methyl sites for hydroxylation is 3. The van der Waals surface area contributed by atoms with Crippen LogP contribution in [0.3, 0.4) is 0 Å². The lowest BCUT2D eigenvalue weighted by Gasteiger charge is -2.19. The smallest absolute Gasteiger partial charge is 0.171 e. The van der Waals surface area contributed by atoms with Gasteiger partial charge in [0.2, 0.25) is 0 Å². The van der Waals surface area contributed by atoms with Gasteiger partial charge in [-0.25, -0.2) is 8.42 Å². The van der Waals surface area contributed by atoms with Crippen LogP contribution in [0.4, 0.5) is 0 Å². The van der Waals surface area contributed by atoms with Crippen LogP contribution >= 0.6 is 0 Å². The van der Waals surface area contributed by atoms with Crippen molar-refractivity contribution in [1.82, 2.24) is 0 Å². The van der Waals surface area contributed by atoms with Crippen LogP contribution in [0, 0.1) is 20.8 Å². The minimum atomic E-state index is -2.64. The Kier molecular flexibility index (Phi) is 5.14. The second kappa shape index (κ2) is 6.88. The average molecular weight is 316 g/mol. The van der Waals surface area contributed by atoms with E-state index in [-0.39, 0.29) is 11.5 Å². The van der Waals surface area contributed by atoms with Gasteiger partial charge in [0.05, 0.1) is 11.7 Å². The molecule has 22 heavy (non-hydrogen) atoms. The van der Waals surface area contributed by atoms with Crippen LogP contribution < -0.4 is 0 Å². The van der Waals surface area contributed by atoms with Gasteiger partial charge in [0, 0.05) is 5.56 Å². The molecule has 0 N–H and O–H groups in total. The molecular formula is C18H20O3S. The zero-order valence-electron chi connectivity index (χ0n) is 13.0. The molecule has 0 spiro atoms. The van der Waals surface area contributed by atoms with E-state index >= 15 is 0 Å². The summed E-state index contributed by atoms with van der Waals surface area (Å²) in [7, 11) is -2.64. The largest absolute Gasteiger partial charge is 0.293 e. The van der Waals surface area contributed by atoms with Gasteiger partial charge in [-0.3, -0.25) is 4.79 Å². The first-order valence-electron chi connectivity index (χ1n) is 7.19. The Hall–Kier alpha value is -1.94. The Balaban J connectivity index is 2.54. The summed E-state index contributed by atoms with van der Waals surface area (Å²) >= 11 is 0. The summed E-state index contributed by atoms with van der Waals surface area (Å²) < 4.78 is 22.6. The number of rotatable bonds is 5. The molecule has 0 bridgehead atoms. The summed E-state index contributed by atoms with van der Waals surface area (Å²) in [5, 5.41) is 0. The lowest BCUT2D eigenvalue weighted by atomic mass is 9.85. The van der Waals surface area contributed by atoms with E-state index in [1.807, 2.05) is 39.0 Å². The molecule has 2 aromatic carbocycles. The normalized spacial score (nSPS) is 12.4. The van der Waals surface area contributed by atoms with Gasteiger partial charge in [-0.15, -0.1) is 0 Å². The Labute approximate surface area is 132 Å². The van der Waals surface area contributed by atoms with Crippen LogP contribution in [0.5, 0.6) is 0 Å². The van der Waals surface area contributed by atoms with Crippen LogP contribution in [0.15, 0.2) is 42.5 Å². The highest BCUT2D eigenvalue weighted by atomic mass is 32.2. The van der Waals surface area contributed by atoms with Crippen molar-refractivity contribution in [2.75, 3.05) is 5.75 Å². The SMILES string of the molecule is Cc1cc(C)c(C(C[SH](=O)=O)C(=O)c2ccccc2)c(C)c1. The number of hydrogen-bond donors (Lipinski definition) is 1. The summed E-state index contributed by atoms with van der Waals surface area (Å²) in [5.41, 5.74) is 4.41. The molecular weight excluding hydrogens is 296 g/mol. The van der Waals surface area contributed by atoms with Crippen molar-refractivity contribution in [3.05, 3.63) is 70.3 Å². The van der Waals surface area contributed by atoms with Crippen molar-refractivity contribution in [2.45, 2.75) is 26.7 Å². The van der Waals surface area contributed by atoms with E-state index in [1.54, 1.807) is 24.3 Å². The highest BCUT2D eigenvalue weighted by Crippen LogP contribution is 2.28. The Morgan fingerprint density at radius 3 is 2.05 bits per heavy atom. The number of thiol groups is 1. The number of carbonyl (C=O) groups is 1. The highest BCUT2D eigenvalue weighted by Gasteiger charge is 2.26. The zero-order valence-corrected chi connectivity index (χ0v) is 13.9. The Morgan fingerprint density at radius 2 is 1.55 bits per heavy atom. The van der Waals surface area contributed by atoms with Crippen molar-refractivity contribution < 1.29 is 13.2 Å². The van der Waals surface area contributed by atoms with Crippen LogP contribution in [0.1, 0.15) is 38.5 Å². The van der Waals surface area contributed by atoms with Crippen molar-refractivity contribution in [3.8, 4) is 0 Å². The van der Waals surface area contributed by atoms with Crippen LogP contribution in [0.25, 0.3) is 0 Å². The first kappa shape index (κ1) is 16.4. The lowest BCUT2D eigenvalue weighted by molar-refractivity contribution is 0.0966. The first-order chi connectivity index (χ1) is 10.4. The number of Topliss-reactive ketones (excluding diaryl/α,β-unsaturated/α-hetero) is 1. The minimum absolute atomic E-state index is 0.144. The van der Waals surface area contributed by atoms with Gasteiger partial charge < -0.3 is 0 Å². The molecule has 0 aliphatic carbocycles. The maximum Gasteiger partial charge on any atom is 0.171 e. The highest BCUT2D eigenvalue weighted by molar-refractivity contribution is 7.72. The fourth-order valence-electron chi connectivity index (χ4n) is 3.00. The monoisotopic (exact) mass is 316 g/mol. The number of hydrogen-bond acceptors (Lipinski definition) is 3. The third-order valence-corrected chi connectivity index (χ3v) is 4.46. The maximum absolute atomic E-state index is 12.8. The molecule has 0 fully saturated rings. The Bertz CT molecular complexity index is 730. The lowest BCUT2D eigenvalue weighted by Crippen LogP contribution is -2.20. The summed E-state index contributed by atoms with van der Waals surface area (Å²) in [4.78, 5) is 12.8. The fraction of sp³-hybridized carbons (Fsp3) is 0.278. The molecule has 0 heterocycles. The van der Waals surface area contributed by atoms with Gasteiger partial charge in [-0.05, 0) is 37.5 Å². The molecule has 2 aromatic rings. The van der Waals surface area contributed by atoms with Gasteiger partial charge in [0.15, 0.2) is 5.78 Å². The second-order valence-electron chi connectivity index (χ2n) is 5.61. The molecule has 0 radical (unpaired) electrons. The molecule has 0 aliphatic heterocycles. The second-order valence-corrected chi connectivity index (χ2v) is 6.64. The third kappa shape index (κ3) is 3.63. The molecule has 0 saturated carbocycles. The fourth-order valence-corrected chi connectivity index (χ4v) is 3.65. The van der Waals surface area contributed by atoms with Gasteiger partial charge in [0.25, 0.3) is 0 Å². The summed E-state index contributed by atoms with van der Waals surface area (Å²) in [6.45, 7) is 5.85. The van der Waals surface area contributed by atoms with E-state index in [0.717, 1.165) is 22.3 Å². The van der Waals surface area contributed by atoms with E-state index in [4.69, 9.17) is 0 Å². The first-order valence-corrected chi connectivity index (χ1v) is 8.55. The molecule has 3 nitrogen and oxygen atoms in total. The molecule has 0 amide bonds. The maximum atomic E-state index is 12.8. The summed E-state index contributed by atoms with van der Waals surface area (Å²) in [5.74, 6) is -0.952. The predicted octanol–water partition coefficient (Wildman–Crippen LogP) is 3.19. The van der Waals surface area contributed by atoms with E-state index in [1.165, 1.54) is 0 Å². The molecule has 0 aliphatic rings. The van der Waals surface area contributed by atoms with E-state index in [0.29, 0.717) is 5.56 Å². The van der Waals surface area contributed by atoms with Gasteiger partial charge >= 0.3 is 0 Å². The third-order valence-electron chi connectivity index (χ3n) is 3.79. The number of benzene rings is 2. The van der Waals surface area contributed by atoms with Crippen molar-refractivity contribution in [2.24, 2.45) is 0 Å². The summed E-state index contributed by atoms with van der Waals surface area (Å²) in [6, 6.07) is 12.9. The van der Waals surface area contributed by atoms with Crippen LogP contribution in [0.2, 0.25) is 0 Å². The topological polar surface area (TPSA) is 51.2 Å². The van der Waals surface area contributed by atoms with Crippen molar-refractivity contribution in [3.63, 3.8) is 0 Å². The Morgan fingerprint density at radius 1 is 1.00 bits per heavy atom. The van der Waals surface area contributed by atoms with E-state index in [9.17, 15) is 13.2 Å². The number of carbonyl (C=O) groups excluding carboxylic acids is 1. The molecule has 0 saturated heterocycles. The predicted molar refractivity (Wildman–Crippen MR) is 89.3 cm³/mol. The standard InChI is InChI=1S/C18H20O3S/c1-12-9-13(2)17(14(3)10-12)16(11-22(20)21)18(19)15-7-5-4-6-8-15/h4-10,16,22H,11H2,1-3H3. The molecule has 116 valence electrons. The van der Waals surface area contributed by atoms with Crippen LogP contribution in [-0.2, 0) is 10.7 Å². The molecule has 4 heteroatoms. The van der Waals surface area contributed by atoms with Gasteiger partial charge in [-0.1, -0.05) is 48.0 Å². The van der Waals surface area contributed by atoms with E-state index in [2.05, 4.69) is 0 Å². The van der Waals surface area contributed by atoms with Crippen molar-refractivity contribution >= 4 is 16.5 Å².